The van der Waals surface area contributed by atoms with E-state index < -0.39 is 0 Å². The van der Waals surface area contributed by atoms with Crippen molar-refractivity contribution in [2.45, 2.75) is 32.7 Å². The second-order valence-corrected chi connectivity index (χ2v) is 5.68. The summed E-state index contributed by atoms with van der Waals surface area (Å²) in [7, 11) is 0. The van der Waals surface area contributed by atoms with Crippen molar-refractivity contribution in [2.75, 3.05) is 0 Å². The van der Waals surface area contributed by atoms with Crippen molar-refractivity contribution in [1.82, 2.24) is 10.4 Å². The molecule has 1 saturated carbocycles. The maximum absolute atomic E-state index is 5.58. The number of nitrogens with one attached hydrogen (secondary N) is 1. The summed E-state index contributed by atoms with van der Waals surface area (Å²) in [6, 6.07) is 0.385. The minimum Gasteiger partial charge on any atom is -0.271 e. The number of aromatic nitrogens is 1. The van der Waals surface area contributed by atoms with E-state index in [-0.39, 0.29) is 0 Å². The van der Waals surface area contributed by atoms with Crippen LogP contribution in [-0.4, -0.2) is 11.0 Å². The molecule has 2 rings (SSSR count). The van der Waals surface area contributed by atoms with Crippen LogP contribution >= 0.6 is 11.3 Å². The van der Waals surface area contributed by atoms with Gasteiger partial charge in [-0.15, -0.1) is 11.3 Å². The fourth-order valence-electron chi connectivity index (χ4n) is 2.05. The number of rotatable bonds is 4. The van der Waals surface area contributed by atoms with Crippen LogP contribution in [0.4, 0.5) is 0 Å². The Hall–Kier alpha value is -0.450. The third-order valence-electron chi connectivity index (χ3n) is 3.17. The van der Waals surface area contributed by atoms with Gasteiger partial charge in [0.1, 0.15) is 0 Å². The summed E-state index contributed by atoms with van der Waals surface area (Å²) >= 11 is 1.71. The Kier molecular flexibility index (Phi) is 2.60. The number of hydrazine groups is 1. The van der Waals surface area contributed by atoms with E-state index in [1.807, 2.05) is 11.6 Å². The van der Waals surface area contributed by atoms with Gasteiger partial charge in [-0.3, -0.25) is 11.3 Å². The van der Waals surface area contributed by atoms with Crippen LogP contribution in [0.3, 0.4) is 0 Å². The molecule has 1 fully saturated rings. The third kappa shape index (κ3) is 1.97. The highest BCUT2D eigenvalue weighted by molar-refractivity contribution is 7.09. The first-order chi connectivity index (χ1) is 6.63. The Bertz CT molecular complexity index is 294. The van der Waals surface area contributed by atoms with E-state index in [0.717, 1.165) is 6.42 Å². The third-order valence-corrected chi connectivity index (χ3v) is 3.97. The summed E-state index contributed by atoms with van der Waals surface area (Å²) in [5.41, 5.74) is 3.39. The second-order valence-electron chi connectivity index (χ2n) is 4.70. The van der Waals surface area contributed by atoms with Gasteiger partial charge in [0, 0.05) is 24.0 Å². The summed E-state index contributed by atoms with van der Waals surface area (Å²) in [6.45, 7) is 4.59. The van der Waals surface area contributed by atoms with Crippen molar-refractivity contribution < 1.29 is 0 Å². The van der Waals surface area contributed by atoms with Crippen molar-refractivity contribution in [2.24, 2.45) is 17.2 Å². The Balaban J connectivity index is 1.95. The number of hydrogen-bond acceptors (Lipinski definition) is 4. The summed E-state index contributed by atoms with van der Waals surface area (Å²) in [4.78, 5) is 4.28. The predicted octanol–water partition coefficient (Wildman–Crippen LogP) is 1.56. The molecule has 0 bridgehead atoms. The van der Waals surface area contributed by atoms with E-state index in [1.54, 1.807) is 11.3 Å². The van der Waals surface area contributed by atoms with E-state index >= 15 is 0 Å². The smallest absolute Gasteiger partial charge is 0.0940 e. The summed E-state index contributed by atoms with van der Waals surface area (Å²) < 4.78 is 0. The van der Waals surface area contributed by atoms with Gasteiger partial charge in [-0.05, 0) is 17.8 Å². The lowest BCUT2D eigenvalue weighted by atomic mass is 10.0. The number of hydrogen-bond donors (Lipinski definition) is 2. The molecule has 0 saturated heterocycles. The molecule has 1 aromatic heterocycles. The van der Waals surface area contributed by atoms with E-state index in [4.69, 9.17) is 5.84 Å². The maximum Gasteiger partial charge on any atom is 0.0940 e. The van der Waals surface area contributed by atoms with Gasteiger partial charge in [0.2, 0.25) is 0 Å². The number of thiazole rings is 1. The average Bonchev–Trinajstić information content (AvgIpc) is 2.62. The topological polar surface area (TPSA) is 50.9 Å². The zero-order valence-corrected chi connectivity index (χ0v) is 9.47. The SMILES string of the molecule is CC1(C)CC1C(Cc1nccs1)NN. The highest BCUT2D eigenvalue weighted by Gasteiger charge is 2.49. The molecule has 78 valence electrons. The molecule has 0 spiro atoms. The lowest BCUT2D eigenvalue weighted by molar-refractivity contribution is 0.408. The fourth-order valence-corrected chi connectivity index (χ4v) is 2.73. The van der Waals surface area contributed by atoms with Crippen LogP contribution in [0, 0.1) is 11.3 Å². The number of nitrogens with two attached hydrogens (primary N) is 1. The van der Waals surface area contributed by atoms with Gasteiger partial charge in [0.25, 0.3) is 0 Å². The van der Waals surface area contributed by atoms with Gasteiger partial charge in [-0.1, -0.05) is 13.8 Å². The molecule has 0 aliphatic heterocycles. The van der Waals surface area contributed by atoms with Crippen molar-refractivity contribution in [1.29, 1.82) is 0 Å². The molecule has 0 aromatic carbocycles. The normalized spacial score (nSPS) is 26.1. The molecule has 1 aliphatic carbocycles. The summed E-state index contributed by atoms with van der Waals surface area (Å²) in [5.74, 6) is 6.28. The first-order valence-corrected chi connectivity index (χ1v) is 5.86. The van der Waals surface area contributed by atoms with Crippen LogP contribution in [0.15, 0.2) is 11.6 Å². The van der Waals surface area contributed by atoms with Crippen molar-refractivity contribution in [3.63, 3.8) is 0 Å². The van der Waals surface area contributed by atoms with Crippen LogP contribution in [-0.2, 0) is 6.42 Å². The van der Waals surface area contributed by atoms with Crippen LogP contribution in [0.2, 0.25) is 0 Å². The zero-order valence-electron chi connectivity index (χ0n) is 8.66. The minimum atomic E-state index is 0.385. The molecule has 4 heteroatoms. The molecule has 0 radical (unpaired) electrons. The highest BCUT2D eigenvalue weighted by atomic mass is 32.1. The maximum atomic E-state index is 5.58. The monoisotopic (exact) mass is 211 g/mol. The molecular weight excluding hydrogens is 194 g/mol. The molecule has 3 N–H and O–H groups in total. The Morgan fingerprint density at radius 2 is 2.50 bits per heavy atom. The minimum absolute atomic E-state index is 0.385. The van der Waals surface area contributed by atoms with E-state index in [2.05, 4.69) is 24.3 Å². The van der Waals surface area contributed by atoms with Gasteiger partial charge >= 0.3 is 0 Å². The first-order valence-electron chi connectivity index (χ1n) is 4.98. The fraction of sp³-hybridized carbons (Fsp3) is 0.700. The Morgan fingerprint density at radius 1 is 1.79 bits per heavy atom. The quantitative estimate of drug-likeness (QED) is 0.587. The molecular formula is C10H17N3S. The van der Waals surface area contributed by atoms with Crippen molar-refractivity contribution in [3.05, 3.63) is 16.6 Å². The van der Waals surface area contributed by atoms with Gasteiger partial charge in [-0.25, -0.2) is 4.98 Å². The first kappa shape index (κ1) is 10.1. The second kappa shape index (κ2) is 3.61. The lowest BCUT2D eigenvalue weighted by Crippen LogP contribution is -2.39. The van der Waals surface area contributed by atoms with Crippen molar-refractivity contribution in [3.8, 4) is 0 Å². The zero-order chi connectivity index (χ0) is 10.2. The van der Waals surface area contributed by atoms with Crippen LogP contribution in [0.25, 0.3) is 0 Å². The van der Waals surface area contributed by atoms with Gasteiger partial charge in [-0.2, -0.15) is 0 Å². The molecule has 1 aromatic rings. The van der Waals surface area contributed by atoms with Crippen LogP contribution in [0.1, 0.15) is 25.3 Å². The molecule has 1 heterocycles. The summed E-state index contributed by atoms with van der Waals surface area (Å²) in [5, 5.41) is 3.19. The molecule has 0 amide bonds. The van der Waals surface area contributed by atoms with Crippen molar-refractivity contribution >= 4 is 11.3 Å². The Morgan fingerprint density at radius 3 is 2.93 bits per heavy atom. The van der Waals surface area contributed by atoms with Crippen LogP contribution < -0.4 is 11.3 Å². The van der Waals surface area contributed by atoms with Crippen LogP contribution in [0.5, 0.6) is 0 Å². The predicted molar refractivity (Wildman–Crippen MR) is 58.8 cm³/mol. The highest BCUT2D eigenvalue weighted by Crippen LogP contribution is 2.53. The molecule has 3 nitrogen and oxygen atoms in total. The Labute approximate surface area is 88.7 Å². The number of nitrogens with zero attached hydrogens (tertiary/aromatic N) is 1. The van der Waals surface area contributed by atoms with Gasteiger partial charge in [0.05, 0.1) is 5.01 Å². The molecule has 1 aliphatic rings. The van der Waals surface area contributed by atoms with Gasteiger partial charge in [0.15, 0.2) is 0 Å². The lowest BCUT2D eigenvalue weighted by Gasteiger charge is -2.15. The average molecular weight is 211 g/mol. The molecule has 2 unspecified atom stereocenters. The largest absolute Gasteiger partial charge is 0.271 e. The molecule has 2 atom stereocenters. The van der Waals surface area contributed by atoms with E-state index in [9.17, 15) is 0 Å². The summed E-state index contributed by atoms with van der Waals surface area (Å²) in [6.07, 6.45) is 4.08. The standard InChI is InChI=1S/C10H17N3S/c1-10(2)6-7(10)8(13-11)5-9-12-3-4-14-9/h3-4,7-8,13H,5-6,11H2,1-2H3. The molecule has 14 heavy (non-hydrogen) atoms. The van der Waals surface area contributed by atoms with Gasteiger partial charge < -0.3 is 0 Å². The van der Waals surface area contributed by atoms with E-state index in [0.29, 0.717) is 17.4 Å². The van der Waals surface area contributed by atoms with E-state index in [1.165, 1.54) is 11.4 Å².